The molecule has 18 heavy (non-hydrogen) atoms. The van der Waals surface area contributed by atoms with Crippen molar-refractivity contribution in [2.24, 2.45) is 0 Å². The van der Waals surface area contributed by atoms with Crippen molar-refractivity contribution in [1.82, 2.24) is 10.2 Å². The molecular formula is C15H21N3. The maximum Gasteiger partial charge on any atom is 0.132 e. The Hall–Kier alpha value is -1.37. The van der Waals surface area contributed by atoms with Crippen molar-refractivity contribution in [3.8, 4) is 6.07 Å². The topological polar surface area (TPSA) is 39.1 Å². The first kappa shape index (κ1) is 13.1. The molecule has 1 aromatic carbocycles. The van der Waals surface area contributed by atoms with Crippen molar-refractivity contribution < 1.29 is 0 Å². The first-order valence-corrected chi connectivity index (χ1v) is 6.67. The molecule has 0 saturated carbocycles. The van der Waals surface area contributed by atoms with Crippen LogP contribution in [0.15, 0.2) is 24.3 Å². The Balaban J connectivity index is 2.27. The number of nitrogens with zero attached hydrogens (tertiary/aromatic N) is 2. The Morgan fingerprint density at radius 2 is 1.89 bits per heavy atom. The Bertz CT molecular complexity index is 426. The van der Waals surface area contributed by atoms with Gasteiger partial charge >= 0.3 is 0 Å². The fraction of sp³-hybridized carbons (Fsp3) is 0.533. The van der Waals surface area contributed by atoms with Gasteiger partial charge in [-0.25, -0.2) is 0 Å². The Kier molecular flexibility index (Phi) is 4.00. The van der Waals surface area contributed by atoms with Gasteiger partial charge in [-0.2, -0.15) is 5.26 Å². The lowest BCUT2D eigenvalue weighted by atomic mass is 9.90. The van der Waals surface area contributed by atoms with Crippen LogP contribution in [0.4, 0.5) is 0 Å². The molecule has 0 radical (unpaired) electrons. The van der Waals surface area contributed by atoms with Gasteiger partial charge < -0.3 is 5.32 Å². The van der Waals surface area contributed by atoms with Crippen molar-refractivity contribution in [3.05, 3.63) is 35.4 Å². The van der Waals surface area contributed by atoms with E-state index < -0.39 is 5.54 Å². The van der Waals surface area contributed by atoms with Crippen LogP contribution in [0.25, 0.3) is 0 Å². The second-order valence-corrected chi connectivity index (χ2v) is 4.97. The number of hydrogen-bond acceptors (Lipinski definition) is 3. The summed E-state index contributed by atoms with van der Waals surface area (Å²) in [5, 5.41) is 12.9. The molecule has 0 aliphatic carbocycles. The zero-order valence-corrected chi connectivity index (χ0v) is 11.2. The van der Waals surface area contributed by atoms with Gasteiger partial charge in [0.15, 0.2) is 0 Å². The molecular weight excluding hydrogens is 222 g/mol. The molecule has 1 aliphatic heterocycles. The minimum Gasteiger partial charge on any atom is -0.314 e. The van der Waals surface area contributed by atoms with Gasteiger partial charge in [0.05, 0.1) is 6.07 Å². The first-order chi connectivity index (χ1) is 8.70. The van der Waals surface area contributed by atoms with Gasteiger partial charge in [-0.3, -0.25) is 4.90 Å². The minimum atomic E-state index is -0.506. The Morgan fingerprint density at radius 3 is 2.39 bits per heavy atom. The minimum absolute atomic E-state index is 0.506. The highest BCUT2D eigenvalue weighted by Crippen LogP contribution is 2.28. The van der Waals surface area contributed by atoms with E-state index in [2.05, 4.69) is 47.5 Å². The third-order valence-corrected chi connectivity index (χ3v) is 3.89. The molecule has 1 atom stereocenters. The molecule has 1 unspecified atom stereocenters. The monoisotopic (exact) mass is 243 g/mol. The highest BCUT2D eigenvalue weighted by molar-refractivity contribution is 5.33. The number of hydrogen-bond donors (Lipinski definition) is 1. The van der Waals surface area contributed by atoms with Crippen LogP contribution in [0.5, 0.6) is 0 Å². The van der Waals surface area contributed by atoms with Crippen LogP contribution in [0.3, 0.4) is 0 Å². The summed E-state index contributed by atoms with van der Waals surface area (Å²) in [5.74, 6) is 0. The Labute approximate surface area is 109 Å². The lowest BCUT2D eigenvalue weighted by Crippen LogP contribution is -2.52. The molecule has 3 nitrogen and oxygen atoms in total. The van der Waals surface area contributed by atoms with E-state index >= 15 is 0 Å². The summed E-state index contributed by atoms with van der Waals surface area (Å²) in [5.41, 5.74) is 1.91. The first-order valence-electron chi connectivity index (χ1n) is 6.67. The lowest BCUT2D eigenvalue weighted by molar-refractivity contribution is 0.132. The summed E-state index contributed by atoms with van der Waals surface area (Å²) in [6.45, 7) is 7.96. The number of aryl methyl sites for hydroxylation is 1. The molecule has 1 aromatic rings. The predicted octanol–water partition coefficient (Wildman–Crippen LogP) is 1.89. The van der Waals surface area contributed by atoms with E-state index in [4.69, 9.17) is 0 Å². The largest absolute Gasteiger partial charge is 0.314 e. The summed E-state index contributed by atoms with van der Waals surface area (Å²) in [6, 6.07) is 11.0. The van der Waals surface area contributed by atoms with E-state index in [9.17, 15) is 5.26 Å². The van der Waals surface area contributed by atoms with Crippen molar-refractivity contribution in [2.75, 3.05) is 26.2 Å². The van der Waals surface area contributed by atoms with E-state index in [1.54, 1.807) is 0 Å². The number of nitrogens with one attached hydrogen (secondary N) is 1. The van der Waals surface area contributed by atoms with E-state index in [1.807, 2.05) is 6.92 Å². The van der Waals surface area contributed by atoms with Gasteiger partial charge in [0, 0.05) is 26.2 Å². The molecule has 96 valence electrons. The molecule has 0 spiro atoms. The van der Waals surface area contributed by atoms with Crippen molar-refractivity contribution in [2.45, 2.75) is 25.8 Å². The van der Waals surface area contributed by atoms with Crippen molar-refractivity contribution in [3.63, 3.8) is 0 Å². The molecule has 1 fully saturated rings. The van der Waals surface area contributed by atoms with Crippen LogP contribution in [0.1, 0.15) is 25.0 Å². The molecule has 1 heterocycles. The molecule has 0 amide bonds. The fourth-order valence-electron chi connectivity index (χ4n) is 2.49. The molecule has 1 N–H and O–H groups in total. The number of rotatable bonds is 3. The number of nitriles is 1. The average Bonchev–Trinajstić information content (AvgIpc) is 2.47. The highest BCUT2D eigenvalue weighted by Gasteiger charge is 2.34. The van der Waals surface area contributed by atoms with Gasteiger partial charge in [-0.1, -0.05) is 31.2 Å². The zero-order valence-electron chi connectivity index (χ0n) is 11.2. The normalized spacial score (nSPS) is 20.1. The Morgan fingerprint density at radius 1 is 1.28 bits per heavy atom. The molecule has 1 aliphatic rings. The summed E-state index contributed by atoms with van der Waals surface area (Å²) in [7, 11) is 0. The van der Waals surface area contributed by atoms with E-state index in [-0.39, 0.29) is 0 Å². The van der Waals surface area contributed by atoms with Crippen LogP contribution < -0.4 is 5.32 Å². The predicted molar refractivity (Wildman–Crippen MR) is 73.2 cm³/mol. The number of piperazine rings is 1. The van der Waals surface area contributed by atoms with E-state index in [0.717, 1.165) is 38.2 Å². The maximum absolute atomic E-state index is 9.61. The van der Waals surface area contributed by atoms with Gasteiger partial charge in [0.25, 0.3) is 0 Å². The summed E-state index contributed by atoms with van der Waals surface area (Å²) in [4.78, 5) is 2.27. The van der Waals surface area contributed by atoms with Crippen LogP contribution >= 0.6 is 0 Å². The summed E-state index contributed by atoms with van der Waals surface area (Å²) < 4.78 is 0. The van der Waals surface area contributed by atoms with Crippen LogP contribution in [0.2, 0.25) is 0 Å². The van der Waals surface area contributed by atoms with Crippen LogP contribution in [-0.2, 0) is 12.0 Å². The summed E-state index contributed by atoms with van der Waals surface area (Å²) in [6.07, 6.45) is 1.04. The van der Waals surface area contributed by atoms with Crippen LogP contribution in [-0.4, -0.2) is 31.1 Å². The standard InChI is InChI=1S/C15H21N3/c1-3-13-4-6-14(7-5-13)15(2,12-16)18-10-8-17-9-11-18/h4-7,17H,3,8-11H2,1-2H3. The molecule has 3 heteroatoms. The van der Waals surface area contributed by atoms with Gasteiger partial charge in [0.1, 0.15) is 5.54 Å². The van der Waals surface area contributed by atoms with Gasteiger partial charge in [0.2, 0.25) is 0 Å². The van der Waals surface area contributed by atoms with E-state index in [1.165, 1.54) is 5.56 Å². The second-order valence-electron chi connectivity index (χ2n) is 4.97. The third kappa shape index (κ3) is 2.40. The van der Waals surface area contributed by atoms with E-state index in [0.29, 0.717) is 0 Å². The SMILES string of the molecule is CCc1ccc(C(C)(C#N)N2CCNCC2)cc1. The molecule has 0 bridgehead atoms. The molecule has 2 rings (SSSR count). The lowest BCUT2D eigenvalue weighted by Gasteiger charge is -2.39. The summed E-state index contributed by atoms with van der Waals surface area (Å²) >= 11 is 0. The van der Waals surface area contributed by atoms with Gasteiger partial charge in [-0.05, 0) is 24.5 Å². The van der Waals surface area contributed by atoms with Gasteiger partial charge in [-0.15, -0.1) is 0 Å². The van der Waals surface area contributed by atoms with Crippen LogP contribution in [0, 0.1) is 11.3 Å². The van der Waals surface area contributed by atoms with Crippen molar-refractivity contribution >= 4 is 0 Å². The molecule has 0 aromatic heterocycles. The second kappa shape index (κ2) is 5.51. The smallest absolute Gasteiger partial charge is 0.132 e. The molecule has 1 saturated heterocycles. The highest BCUT2D eigenvalue weighted by atomic mass is 15.2. The third-order valence-electron chi connectivity index (χ3n) is 3.89. The maximum atomic E-state index is 9.61. The van der Waals surface area contributed by atoms with Crippen molar-refractivity contribution in [1.29, 1.82) is 5.26 Å². The quantitative estimate of drug-likeness (QED) is 0.881. The average molecular weight is 243 g/mol. The number of benzene rings is 1. The fourth-order valence-corrected chi connectivity index (χ4v) is 2.49. The zero-order chi connectivity index (χ0) is 13.0.